The van der Waals surface area contributed by atoms with Crippen LogP contribution in [0.15, 0.2) is 12.2 Å². The highest BCUT2D eigenvalue weighted by atomic mass is 35.5. The maximum absolute atomic E-state index is 11.0. The molecule has 0 aromatic rings. The van der Waals surface area contributed by atoms with Crippen molar-refractivity contribution in [2.45, 2.75) is 38.7 Å². The number of alkyl halides is 1. The van der Waals surface area contributed by atoms with Gasteiger partial charge in [0.25, 0.3) is 0 Å². The van der Waals surface area contributed by atoms with E-state index >= 15 is 0 Å². The maximum Gasteiger partial charge on any atom is 0.333 e. The van der Waals surface area contributed by atoms with E-state index in [9.17, 15) is 4.79 Å². The second-order valence-corrected chi connectivity index (χ2v) is 4.37. The Labute approximate surface area is 78.5 Å². The van der Waals surface area contributed by atoms with Gasteiger partial charge in [-0.2, -0.15) is 0 Å². The first-order valence-corrected chi connectivity index (χ1v) is 4.18. The molecule has 3 heteroatoms. The van der Waals surface area contributed by atoms with E-state index in [1.807, 2.05) is 0 Å². The van der Waals surface area contributed by atoms with Crippen LogP contribution >= 0.6 is 11.6 Å². The molecule has 0 fully saturated rings. The normalized spacial score (nSPS) is 13.8. The Morgan fingerprint density at radius 2 is 2.00 bits per heavy atom. The van der Waals surface area contributed by atoms with Crippen LogP contribution in [-0.4, -0.2) is 16.9 Å². The van der Waals surface area contributed by atoms with Crippen LogP contribution in [0.25, 0.3) is 0 Å². The quantitative estimate of drug-likeness (QED) is 0.388. The molecule has 0 spiro atoms. The number of hydrogen-bond donors (Lipinski definition) is 0. The Bertz CT molecular complexity index is 191. The molecule has 0 aliphatic heterocycles. The predicted molar refractivity (Wildman–Crippen MR) is 50.3 cm³/mol. The molecule has 2 nitrogen and oxygen atoms in total. The second-order valence-electron chi connectivity index (χ2n) is 3.39. The van der Waals surface area contributed by atoms with E-state index in [1.54, 1.807) is 27.7 Å². The number of halogens is 1. The Morgan fingerprint density at radius 1 is 1.58 bits per heavy atom. The van der Waals surface area contributed by atoms with Crippen molar-refractivity contribution >= 4 is 17.6 Å². The zero-order valence-electron chi connectivity index (χ0n) is 7.98. The van der Waals surface area contributed by atoms with Crippen LogP contribution < -0.4 is 0 Å². The third-order valence-corrected chi connectivity index (χ3v) is 1.91. The molecule has 0 aliphatic carbocycles. The molecule has 0 radical (unpaired) electrons. The molecule has 12 heavy (non-hydrogen) atoms. The lowest BCUT2D eigenvalue weighted by Crippen LogP contribution is -2.32. The molecule has 0 aliphatic rings. The summed E-state index contributed by atoms with van der Waals surface area (Å²) in [4.78, 5) is 10.5. The molecule has 0 bridgehead atoms. The summed E-state index contributed by atoms with van der Waals surface area (Å²) in [6.45, 7) is 10.4. The number of hydrogen-bond acceptors (Lipinski definition) is 2. The van der Waals surface area contributed by atoms with E-state index in [2.05, 4.69) is 6.58 Å². The van der Waals surface area contributed by atoms with Gasteiger partial charge in [-0.3, -0.25) is 0 Å². The average Bonchev–Trinajstić information content (AvgIpc) is 1.85. The van der Waals surface area contributed by atoms with Crippen molar-refractivity contribution in [3.8, 4) is 0 Å². The number of carbonyl (C=O) groups excluding carboxylic acids is 1. The van der Waals surface area contributed by atoms with Gasteiger partial charge in [0.15, 0.2) is 0 Å². The minimum Gasteiger partial charge on any atom is -0.457 e. The van der Waals surface area contributed by atoms with E-state index < -0.39 is 10.8 Å². The van der Waals surface area contributed by atoms with Gasteiger partial charge in [-0.25, -0.2) is 4.79 Å². The van der Waals surface area contributed by atoms with E-state index in [0.29, 0.717) is 5.57 Å². The van der Waals surface area contributed by atoms with E-state index in [4.69, 9.17) is 16.3 Å². The molecular weight excluding hydrogens is 176 g/mol. The highest BCUT2D eigenvalue weighted by Gasteiger charge is 2.26. The first-order chi connectivity index (χ1) is 5.25. The third kappa shape index (κ3) is 3.77. The second kappa shape index (κ2) is 3.94. The van der Waals surface area contributed by atoms with Crippen molar-refractivity contribution in [3.63, 3.8) is 0 Å². The topological polar surface area (TPSA) is 26.3 Å². The fourth-order valence-electron chi connectivity index (χ4n) is 0.401. The summed E-state index contributed by atoms with van der Waals surface area (Å²) in [5.41, 5.74) is 0.391. The summed E-state index contributed by atoms with van der Waals surface area (Å²) in [5, 5.41) is 0. The molecule has 0 rings (SSSR count). The number of esters is 1. The SMILES string of the molecule is C=C(C)C(=O)OC(C)C(C)(C)Cl. The predicted octanol–water partition coefficient (Wildman–Crippen LogP) is 2.51. The van der Waals surface area contributed by atoms with Crippen LogP contribution in [0.3, 0.4) is 0 Å². The molecule has 0 saturated heterocycles. The number of ether oxygens (including phenoxy) is 1. The summed E-state index contributed by atoms with van der Waals surface area (Å²) < 4.78 is 5.01. The highest BCUT2D eigenvalue weighted by molar-refractivity contribution is 6.23. The molecule has 0 aromatic carbocycles. The first kappa shape index (κ1) is 11.5. The van der Waals surface area contributed by atoms with Crippen LogP contribution in [0.1, 0.15) is 27.7 Å². The van der Waals surface area contributed by atoms with Gasteiger partial charge >= 0.3 is 5.97 Å². The van der Waals surface area contributed by atoms with Crippen LogP contribution in [0.2, 0.25) is 0 Å². The van der Waals surface area contributed by atoms with Gasteiger partial charge in [0, 0.05) is 5.57 Å². The molecule has 70 valence electrons. The molecule has 0 saturated carbocycles. The Morgan fingerprint density at radius 3 is 2.25 bits per heavy atom. The van der Waals surface area contributed by atoms with Crippen molar-refractivity contribution in [2.75, 3.05) is 0 Å². The maximum atomic E-state index is 11.0. The minimum absolute atomic E-state index is 0.316. The van der Waals surface area contributed by atoms with Crippen LogP contribution in [0.4, 0.5) is 0 Å². The standard InChI is InChI=1S/C9H15ClO2/c1-6(2)8(11)12-7(3)9(4,5)10/h7H,1H2,2-5H3. The van der Waals surface area contributed by atoms with Gasteiger partial charge in [0.1, 0.15) is 6.10 Å². The fourth-order valence-corrected chi connectivity index (χ4v) is 0.446. The Hall–Kier alpha value is -0.500. The van der Waals surface area contributed by atoms with Crippen molar-refractivity contribution in [2.24, 2.45) is 0 Å². The average molecular weight is 191 g/mol. The van der Waals surface area contributed by atoms with Crippen LogP contribution in [0.5, 0.6) is 0 Å². The lowest BCUT2D eigenvalue weighted by molar-refractivity contribution is -0.144. The van der Waals surface area contributed by atoms with Gasteiger partial charge < -0.3 is 4.74 Å². The molecule has 0 heterocycles. The van der Waals surface area contributed by atoms with E-state index in [-0.39, 0.29) is 6.10 Å². The first-order valence-electron chi connectivity index (χ1n) is 3.80. The molecule has 1 unspecified atom stereocenters. The summed E-state index contributed by atoms with van der Waals surface area (Å²) in [6.07, 6.45) is -0.316. The van der Waals surface area contributed by atoms with Crippen LogP contribution in [-0.2, 0) is 9.53 Å². The zero-order chi connectivity index (χ0) is 9.94. The number of rotatable bonds is 3. The summed E-state index contributed by atoms with van der Waals surface area (Å²) in [5.74, 6) is -0.392. The van der Waals surface area contributed by atoms with Gasteiger partial charge in [0.2, 0.25) is 0 Å². The number of carbonyl (C=O) groups is 1. The zero-order valence-corrected chi connectivity index (χ0v) is 8.73. The third-order valence-electron chi connectivity index (χ3n) is 1.60. The lowest BCUT2D eigenvalue weighted by Gasteiger charge is -2.24. The fraction of sp³-hybridized carbons (Fsp3) is 0.667. The lowest BCUT2D eigenvalue weighted by atomic mass is 10.1. The minimum atomic E-state index is -0.537. The molecule has 0 amide bonds. The van der Waals surface area contributed by atoms with E-state index in [0.717, 1.165) is 0 Å². The summed E-state index contributed by atoms with van der Waals surface area (Å²) in [6, 6.07) is 0. The van der Waals surface area contributed by atoms with Crippen molar-refractivity contribution in [1.82, 2.24) is 0 Å². The van der Waals surface area contributed by atoms with Crippen LogP contribution in [0, 0.1) is 0 Å². The van der Waals surface area contributed by atoms with Crippen molar-refractivity contribution < 1.29 is 9.53 Å². The smallest absolute Gasteiger partial charge is 0.333 e. The van der Waals surface area contributed by atoms with Gasteiger partial charge in [-0.1, -0.05) is 6.58 Å². The van der Waals surface area contributed by atoms with Gasteiger partial charge in [0.05, 0.1) is 4.87 Å². The molecule has 1 atom stereocenters. The van der Waals surface area contributed by atoms with Gasteiger partial charge in [-0.15, -0.1) is 11.6 Å². The largest absolute Gasteiger partial charge is 0.457 e. The molecule has 0 aromatic heterocycles. The van der Waals surface area contributed by atoms with Crippen molar-refractivity contribution in [1.29, 1.82) is 0 Å². The van der Waals surface area contributed by atoms with Gasteiger partial charge in [-0.05, 0) is 27.7 Å². The summed E-state index contributed by atoms with van der Waals surface area (Å²) >= 11 is 5.93. The Kier molecular flexibility index (Phi) is 3.78. The monoisotopic (exact) mass is 190 g/mol. The van der Waals surface area contributed by atoms with Crippen molar-refractivity contribution in [3.05, 3.63) is 12.2 Å². The highest BCUT2D eigenvalue weighted by Crippen LogP contribution is 2.21. The Balaban J connectivity index is 4.11. The molecule has 0 N–H and O–H groups in total. The molecular formula is C9H15ClO2. The van der Waals surface area contributed by atoms with E-state index in [1.165, 1.54) is 0 Å². The summed E-state index contributed by atoms with van der Waals surface area (Å²) in [7, 11) is 0.